The summed E-state index contributed by atoms with van der Waals surface area (Å²) in [6, 6.07) is 3.15. The monoisotopic (exact) mass is 411 g/mol. The Labute approximate surface area is 154 Å². The number of methoxy groups -OCH3 is 2. The maximum Gasteiger partial charge on any atom is 0.294 e. The Morgan fingerprint density at radius 3 is 2.48 bits per heavy atom. The van der Waals surface area contributed by atoms with Crippen molar-refractivity contribution in [1.82, 2.24) is 9.55 Å². The second-order valence-corrected chi connectivity index (χ2v) is 6.58. The van der Waals surface area contributed by atoms with Crippen LogP contribution in [0.25, 0.3) is 0 Å². The third-order valence-corrected chi connectivity index (χ3v) is 4.19. The molecule has 2 N–H and O–H groups in total. The first-order valence-electron chi connectivity index (χ1n) is 7.71. The second kappa shape index (κ2) is 8.46. The Morgan fingerprint density at radius 2 is 1.88 bits per heavy atom. The number of rotatable bonds is 7. The van der Waals surface area contributed by atoms with Gasteiger partial charge in [0, 0.05) is 26.1 Å². The van der Waals surface area contributed by atoms with Crippen LogP contribution in [0.4, 0.5) is 11.5 Å². The van der Waals surface area contributed by atoms with Crippen LogP contribution in [-0.2, 0) is 9.47 Å². The summed E-state index contributed by atoms with van der Waals surface area (Å²) in [6.45, 7) is 4.30. The van der Waals surface area contributed by atoms with E-state index in [-0.39, 0.29) is 23.2 Å². The van der Waals surface area contributed by atoms with Crippen LogP contribution in [0.2, 0.25) is 0 Å². The molecule has 0 aliphatic carbocycles. The number of halogens is 1. The zero-order valence-electron chi connectivity index (χ0n) is 14.7. The van der Waals surface area contributed by atoms with E-state index in [1.54, 1.807) is 39.5 Å². The Kier molecular flexibility index (Phi) is 6.57. The minimum atomic E-state index is -0.285. The minimum Gasteiger partial charge on any atom is -0.508 e. The molecule has 2 aromatic rings. The van der Waals surface area contributed by atoms with Crippen molar-refractivity contribution >= 4 is 27.4 Å². The van der Waals surface area contributed by atoms with Crippen LogP contribution in [0.5, 0.6) is 5.75 Å². The van der Waals surface area contributed by atoms with Crippen molar-refractivity contribution in [3.8, 4) is 5.75 Å². The number of hydrogen-bond acceptors (Lipinski definition) is 6. The molecule has 136 valence electrons. The molecule has 0 aliphatic heterocycles. The molecule has 2 rings (SSSR count). The third-order valence-electron chi connectivity index (χ3n) is 3.81. The second-order valence-electron chi connectivity index (χ2n) is 5.77. The molecule has 7 nitrogen and oxygen atoms in total. The molecule has 0 unspecified atom stereocenters. The van der Waals surface area contributed by atoms with Gasteiger partial charge in [-0.2, -0.15) is 0 Å². The predicted octanol–water partition coefficient (Wildman–Crippen LogP) is 2.91. The lowest BCUT2D eigenvalue weighted by Gasteiger charge is -2.20. The van der Waals surface area contributed by atoms with Crippen LogP contribution in [0.15, 0.2) is 27.7 Å². The lowest BCUT2D eigenvalue weighted by atomic mass is 10.1. The van der Waals surface area contributed by atoms with Gasteiger partial charge >= 0.3 is 0 Å². The van der Waals surface area contributed by atoms with E-state index >= 15 is 0 Å². The zero-order chi connectivity index (χ0) is 18.6. The number of phenols is 1. The van der Waals surface area contributed by atoms with Gasteiger partial charge in [0.15, 0.2) is 5.82 Å². The summed E-state index contributed by atoms with van der Waals surface area (Å²) in [6.07, 6.45) is 1.62. The number of nitrogens with one attached hydrogen (secondary N) is 1. The molecule has 0 amide bonds. The van der Waals surface area contributed by atoms with Crippen molar-refractivity contribution in [2.75, 3.05) is 32.8 Å². The summed E-state index contributed by atoms with van der Waals surface area (Å²) < 4.78 is 12.4. The number of aryl methyl sites for hydroxylation is 2. The van der Waals surface area contributed by atoms with E-state index in [1.165, 1.54) is 4.57 Å². The average Bonchev–Trinajstić information content (AvgIpc) is 2.55. The van der Waals surface area contributed by atoms with Crippen molar-refractivity contribution in [1.29, 1.82) is 0 Å². The van der Waals surface area contributed by atoms with Crippen LogP contribution >= 0.6 is 15.9 Å². The number of benzene rings is 1. The number of aromatic hydroxyl groups is 1. The van der Waals surface area contributed by atoms with Crippen LogP contribution in [0, 0.1) is 13.8 Å². The highest BCUT2D eigenvalue weighted by molar-refractivity contribution is 9.10. The molecule has 0 fully saturated rings. The number of nitrogens with zero attached hydrogens (tertiary/aromatic N) is 2. The van der Waals surface area contributed by atoms with E-state index in [4.69, 9.17) is 9.47 Å². The smallest absolute Gasteiger partial charge is 0.294 e. The first-order valence-corrected chi connectivity index (χ1v) is 8.50. The summed E-state index contributed by atoms with van der Waals surface area (Å²) >= 11 is 3.34. The van der Waals surface area contributed by atoms with E-state index in [0.29, 0.717) is 29.1 Å². The summed E-state index contributed by atoms with van der Waals surface area (Å²) in [7, 11) is 3.15. The van der Waals surface area contributed by atoms with Gasteiger partial charge in [-0.1, -0.05) is 0 Å². The Morgan fingerprint density at radius 1 is 1.24 bits per heavy atom. The molecule has 0 atom stereocenters. The van der Waals surface area contributed by atoms with Crippen molar-refractivity contribution < 1.29 is 14.6 Å². The van der Waals surface area contributed by atoms with Gasteiger partial charge in [-0.25, -0.2) is 4.98 Å². The van der Waals surface area contributed by atoms with Gasteiger partial charge in [0.05, 0.1) is 19.3 Å². The van der Waals surface area contributed by atoms with E-state index in [2.05, 4.69) is 26.2 Å². The van der Waals surface area contributed by atoms with Crippen LogP contribution in [0.1, 0.15) is 17.2 Å². The summed E-state index contributed by atoms with van der Waals surface area (Å²) in [5.74, 6) is 0.391. The average molecular weight is 412 g/mol. The van der Waals surface area contributed by atoms with Gasteiger partial charge in [0.2, 0.25) is 0 Å². The fourth-order valence-electron chi connectivity index (χ4n) is 2.49. The van der Waals surface area contributed by atoms with Crippen molar-refractivity contribution in [2.45, 2.75) is 19.9 Å². The summed E-state index contributed by atoms with van der Waals surface area (Å²) in [5.41, 5.74) is 1.94. The van der Waals surface area contributed by atoms with Gasteiger partial charge in [-0.3, -0.25) is 4.79 Å². The SMILES string of the molecule is COCC(COC)n1cc(Br)nc(Nc2cc(C)c(O)cc2C)c1=O. The molecule has 0 saturated carbocycles. The normalized spacial score (nSPS) is 11.1. The van der Waals surface area contributed by atoms with E-state index in [1.807, 2.05) is 6.92 Å². The molecule has 1 heterocycles. The highest BCUT2D eigenvalue weighted by Crippen LogP contribution is 2.26. The number of phenolic OH excluding ortho intramolecular Hbond substituents is 1. The number of aromatic nitrogens is 2. The van der Waals surface area contributed by atoms with Crippen molar-refractivity contribution in [2.24, 2.45) is 0 Å². The standard InChI is InChI=1S/C17H22BrN3O4/c1-10-6-14(22)11(2)5-13(10)19-16-17(23)21(7-15(18)20-16)12(8-24-3)9-25-4/h5-7,12,22H,8-9H2,1-4H3,(H,19,20). The largest absolute Gasteiger partial charge is 0.508 e. The molecule has 25 heavy (non-hydrogen) atoms. The summed E-state index contributed by atoms with van der Waals surface area (Å²) in [5, 5.41) is 12.8. The van der Waals surface area contributed by atoms with Crippen LogP contribution in [0.3, 0.4) is 0 Å². The highest BCUT2D eigenvalue weighted by atomic mass is 79.9. The number of anilines is 2. The molecule has 0 spiro atoms. The molecule has 8 heteroatoms. The molecule has 1 aromatic carbocycles. The summed E-state index contributed by atoms with van der Waals surface area (Å²) in [4.78, 5) is 17.1. The molecular weight excluding hydrogens is 390 g/mol. The molecule has 0 bridgehead atoms. The molecular formula is C17H22BrN3O4. The van der Waals surface area contributed by atoms with Gasteiger partial charge in [0.1, 0.15) is 10.4 Å². The van der Waals surface area contributed by atoms with Crippen molar-refractivity contribution in [3.63, 3.8) is 0 Å². The fraction of sp³-hybridized carbons (Fsp3) is 0.412. The number of hydrogen-bond donors (Lipinski definition) is 2. The molecule has 1 aromatic heterocycles. The first kappa shape index (κ1) is 19.4. The Bertz CT molecular complexity index is 801. The van der Waals surface area contributed by atoms with Gasteiger partial charge < -0.3 is 24.5 Å². The highest BCUT2D eigenvalue weighted by Gasteiger charge is 2.17. The fourth-order valence-corrected chi connectivity index (χ4v) is 2.89. The molecule has 0 radical (unpaired) electrons. The predicted molar refractivity (Wildman–Crippen MR) is 99.8 cm³/mol. The number of ether oxygens (including phenoxy) is 2. The van der Waals surface area contributed by atoms with Crippen LogP contribution in [-0.4, -0.2) is 42.1 Å². The maximum atomic E-state index is 12.8. The molecule has 0 aliphatic rings. The zero-order valence-corrected chi connectivity index (χ0v) is 16.3. The van der Waals surface area contributed by atoms with E-state index < -0.39 is 0 Å². The maximum absolute atomic E-state index is 12.8. The third kappa shape index (κ3) is 4.59. The lowest BCUT2D eigenvalue weighted by molar-refractivity contribution is 0.0878. The van der Waals surface area contributed by atoms with E-state index in [9.17, 15) is 9.90 Å². The van der Waals surface area contributed by atoms with Gasteiger partial charge in [-0.05, 0) is 53.0 Å². The van der Waals surface area contributed by atoms with Crippen molar-refractivity contribution in [3.05, 3.63) is 44.4 Å². The quantitative estimate of drug-likeness (QED) is 0.681. The van der Waals surface area contributed by atoms with E-state index in [0.717, 1.165) is 5.56 Å². The van der Waals surface area contributed by atoms with Gasteiger partial charge in [0.25, 0.3) is 5.56 Å². The Balaban J connectivity index is 2.46. The lowest BCUT2D eigenvalue weighted by Crippen LogP contribution is -2.32. The Hall–Kier alpha value is -1.90. The van der Waals surface area contributed by atoms with Gasteiger partial charge in [-0.15, -0.1) is 0 Å². The minimum absolute atomic E-state index is 0.180. The molecule has 0 saturated heterocycles. The first-order chi connectivity index (χ1) is 11.9. The topological polar surface area (TPSA) is 85.6 Å². The van der Waals surface area contributed by atoms with Crippen LogP contribution < -0.4 is 10.9 Å².